The van der Waals surface area contributed by atoms with E-state index >= 15 is 0 Å². The number of hydrogen-bond donors (Lipinski definition) is 1. The molecule has 0 bridgehead atoms. The summed E-state index contributed by atoms with van der Waals surface area (Å²) in [5, 5.41) is 4.24. The molecule has 102 valence electrons. The van der Waals surface area contributed by atoms with Gasteiger partial charge in [-0.05, 0) is 37.1 Å². The maximum atomic E-state index is 4.64. The summed E-state index contributed by atoms with van der Waals surface area (Å²) in [7, 11) is 0. The summed E-state index contributed by atoms with van der Waals surface area (Å²) >= 11 is 2.93. The van der Waals surface area contributed by atoms with Gasteiger partial charge in [-0.2, -0.15) is 4.37 Å². The molecular formula is C12H17N5S2. The average molecular weight is 295 g/mol. The van der Waals surface area contributed by atoms with Crippen molar-refractivity contribution < 1.29 is 0 Å². The Morgan fingerprint density at radius 3 is 2.74 bits per heavy atom. The Balaban J connectivity index is 2.39. The SMILES string of the molecule is CCNc1nc(C(C)C)nc(Sc2ncns2)c1C. The Morgan fingerprint density at radius 2 is 2.16 bits per heavy atom. The average Bonchev–Trinajstić information content (AvgIpc) is 2.87. The van der Waals surface area contributed by atoms with Gasteiger partial charge in [0, 0.05) is 18.0 Å². The van der Waals surface area contributed by atoms with Crippen molar-refractivity contribution in [2.75, 3.05) is 11.9 Å². The molecule has 7 heteroatoms. The van der Waals surface area contributed by atoms with E-state index in [1.54, 1.807) is 18.1 Å². The number of aromatic nitrogens is 4. The zero-order valence-corrected chi connectivity index (χ0v) is 13.1. The molecule has 0 saturated heterocycles. The third-order valence-corrected chi connectivity index (χ3v) is 4.31. The lowest BCUT2D eigenvalue weighted by Crippen LogP contribution is -2.08. The zero-order chi connectivity index (χ0) is 13.8. The summed E-state index contributed by atoms with van der Waals surface area (Å²) < 4.78 is 4.92. The van der Waals surface area contributed by atoms with Crippen LogP contribution in [0.5, 0.6) is 0 Å². The van der Waals surface area contributed by atoms with E-state index in [2.05, 4.69) is 45.4 Å². The van der Waals surface area contributed by atoms with Crippen molar-refractivity contribution in [2.24, 2.45) is 0 Å². The number of nitrogens with zero attached hydrogens (tertiary/aromatic N) is 4. The Bertz CT molecular complexity index is 539. The largest absolute Gasteiger partial charge is 0.370 e. The van der Waals surface area contributed by atoms with Gasteiger partial charge in [0.2, 0.25) is 0 Å². The molecule has 0 saturated carbocycles. The van der Waals surface area contributed by atoms with Crippen LogP contribution in [0.3, 0.4) is 0 Å². The zero-order valence-electron chi connectivity index (χ0n) is 11.5. The molecule has 0 fully saturated rings. The highest BCUT2D eigenvalue weighted by molar-refractivity contribution is 8.00. The minimum Gasteiger partial charge on any atom is -0.370 e. The van der Waals surface area contributed by atoms with E-state index in [1.807, 2.05) is 6.92 Å². The second-order valence-electron chi connectivity index (χ2n) is 4.35. The second-order valence-corrected chi connectivity index (χ2v) is 6.37. The van der Waals surface area contributed by atoms with Gasteiger partial charge in [0.05, 0.1) is 0 Å². The van der Waals surface area contributed by atoms with Gasteiger partial charge in [-0.3, -0.25) is 0 Å². The van der Waals surface area contributed by atoms with Gasteiger partial charge in [0.25, 0.3) is 0 Å². The second kappa shape index (κ2) is 6.29. The van der Waals surface area contributed by atoms with Gasteiger partial charge in [0.1, 0.15) is 23.0 Å². The van der Waals surface area contributed by atoms with Crippen LogP contribution in [0.4, 0.5) is 5.82 Å². The molecule has 1 N–H and O–H groups in total. The Hall–Kier alpha value is -1.21. The summed E-state index contributed by atoms with van der Waals surface area (Å²) in [4.78, 5) is 13.4. The monoisotopic (exact) mass is 295 g/mol. The summed E-state index contributed by atoms with van der Waals surface area (Å²) in [5.74, 6) is 2.06. The molecule has 19 heavy (non-hydrogen) atoms. The maximum Gasteiger partial charge on any atom is 0.176 e. The number of rotatable bonds is 5. The van der Waals surface area contributed by atoms with Crippen LogP contribution in [0, 0.1) is 6.92 Å². The first-order valence-electron chi connectivity index (χ1n) is 6.18. The Morgan fingerprint density at radius 1 is 1.37 bits per heavy atom. The van der Waals surface area contributed by atoms with Gasteiger partial charge >= 0.3 is 0 Å². The molecule has 0 spiro atoms. The molecule has 0 amide bonds. The van der Waals surface area contributed by atoms with Crippen LogP contribution >= 0.6 is 23.3 Å². The molecule has 0 unspecified atom stereocenters. The third kappa shape index (κ3) is 3.42. The Kier molecular flexibility index (Phi) is 4.71. The van der Waals surface area contributed by atoms with Crippen LogP contribution in [-0.4, -0.2) is 25.9 Å². The third-order valence-electron chi connectivity index (χ3n) is 2.50. The van der Waals surface area contributed by atoms with Crippen molar-refractivity contribution in [1.29, 1.82) is 0 Å². The van der Waals surface area contributed by atoms with Crippen LogP contribution in [0.2, 0.25) is 0 Å². The molecule has 0 aromatic carbocycles. The van der Waals surface area contributed by atoms with Gasteiger partial charge < -0.3 is 5.32 Å². The fourth-order valence-electron chi connectivity index (χ4n) is 1.50. The van der Waals surface area contributed by atoms with Crippen molar-refractivity contribution in [3.63, 3.8) is 0 Å². The molecule has 0 atom stereocenters. The van der Waals surface area contributed by atoms with E-state index in [1.165, 1.54) is 11.5 Å². The van der Waals surface area contributed by atoms with Crippen LogP contribution in [0.1, 0.15) is 38.1 Å². The van der Waals surface area contributed by atoms with Crippen molar-refractivity contribution in [2.45, 2.75) is 43.0 Å². The van der Waals surface area contributed by atoms with E-state index < -0.39 is 0 Å². The highest BCUT2D eigenvalue weighted by Gasteiger charge is 2.14. The van der Waals surface area contributed by atoms with E-state index in [9.17, 15) is 0 Å². The van der Waals surface area contributed by atoms with Crippen LogP contribution < -0.4 is 5.32 Å². The van der Waals surface area contributed by atoms with Crippen molar-refractivity contribution in [1.82, 2.24) is 19.3 Å². The molecule has 0 aliphatic heterocycles. The predicted molar refractivity (Wildman–Crippen MR) is 79.1 cm³/mol. The molecule has 2 aromatic heterocycles. The summed E-state index contributed by atoms with van der Waals surface area (Å²) in [5.41, 5.74) is 1.06. The highest BCUT2D eigenvalue weighted by Crippen LogP contribution is 2.32. The lowest BCUT2D eigenvalue weighted by atomic mass is 10.2. The Labute approximate surface area is 121 Å². The van der Waals surface area contributed by atoms with Crippen molar-refractivity contribution in [3.8, 4) is 0 Å². The normalized spacial score (nSPS) is 11.0. The van der Waals surface area contributed by atoms with Crippen molar-refractivity contribution in [3.05, 3.63) is 17.7 Å². The summed E-state index contributed by atoms with van der Waals surface area (Å²) in [6, 6.07) is 0. The molecule has 0 aliphatic rings. The first-order valence-corrected chi connectivity index (χ1v) is 7.77. The van der Waals surface area contributed by atoms with E-state index in [-0.39, 0.29) is 0 Å². The fourth-order valence-corrected chi connectivity index (χ4v) is 2.95. The van der Waals surface area contributed by atoms with Gasteiger partial charge in [-0.15, -0.1) is 0 Å². The predicted octanol–water partition coefficient (Wildman–Crippen LogP) is 3.34. The molecule has 0 aliphatic carbocycles. The minimum absolute atomic E-state index is 0.298. The lowest BCUT2D eigenvalue weighted by molar-refractivity contribution is 0.748. The quantitative estimate of drug-likeness (QED) is 0.854. The fraction of sp³-hybridized carbons (Fsp3) is 0.500. The lowest BCUT2D eigenvalue weighted by Gasteiger charge is -2.13. The molecule has 2 aromatic rings. The topological polar surface area (TPSA) is 63.6 Å². The summed E-state index contributed by atoms with van der Waals surface area (Å²) in [6.45, 7) is 9.14. The van der Waals surface area contributed by atoms with Gasteiger partial charge in [-0.1, -0.05) is 13.8 Å². The number of anilines is 1. The maximum absolute atomic E-state index is 4.64. The number of nitrogens with one attached hydrogen (secondary N) is 1. The first kappa shape index (κ1) is 14.2. The van der Waals surface area contributed by atoms with Crippen molar-refractivity contribution >= 4 is 29.1 Å². The molecule has 5 nitrogen and oxygen atoms in total. The molecule has 2 heterocycles. The highest BCUT2D eigenvalue weighted by atomic mass is 32.2. The van der Waals surface area contributed by atoms with Crippen LogP contribution in [0.15, 0.2) is 15.7 Å². The van der Waals surface area contributed by atoms with Gasteiger partial charge in [-0.25, -0.2) is 15.0 Å². The smallest absolute Gasteiger partial charge is 0.176 e. The van der Waals surface area contributed by atoms with E-state index in [0.29, 0.717) is 5.92 Å². The molecular weight excluding hydrogens is 278 g/mol. The van der Waals surface area contributed by atoms with Crippen LogP contribution in [0.25, 0.3) is 0 Å². The van der Waals surface area contributed by atoms with Gasteiger partial charge in [0.15, 0.2) is 4.34 Å². The molecule has 2 rings (SSSR count). The standard InChI is InChI=1S/C12H17N5S2/c1-5-13-10-8(4)11(17-9(16-10)7(2)3)18-12-14-6-15-19-12/h6-7H,5H2,1-4H3,(H,13,16,17). The minimum atomic E-state index is 0.298. The van der Waals surface area contributed by atoms with E-state index in [4.69, 9.17) is 0 Å². The first-order chi connectivity index (χ1) is 9.11. The molecule has 0 radical (unpaired) electrons. The van der Waals surface area contributed by atoms with E-state index in [0.717, 1.165) is 33.1 Å². The number of hydrogen-bond acceptors (Lipinski definition) is 7. The summed E-state index contributed by atoms with van der Waals surface area (Å²) in [6.07, 6.45) is 1.57. The van der Waals surface area contributed by atoms with Crippen LogP contribution in [-0.2, 0) is 0 Å².